The number of nitrogens with zero attached hydrogens (tertiary/aromatic N) is 1. The zero-order chi connectivity index (χ0) is 19.7. The van der Waals surface area contributed by atoms with Crippen LogP contribution in [-0.2, 0) is 24.4 Å². The lowest BCUT2D eigenvalue weighted by Gasteiger charge is -2.15. The lowest BCUT2D eigenvalue weighted by molar-refractivity contribution is 0.301. The van der Waals surface area contributed by atoms with Gasteiger partial charge < -0.3 is 14.3 Å². The van der Waals surface area contributed by atoms with E-state index in [2.05, 4.69) is 9.71 Å². The molecule has 1 aliphatic carbocycles. The first-order valence-corrected chi connectivity index (χ1v) is 10.5. The third-order valence-electron chi connectivity index (χ3n) is 5.05. The Kier molecular flexibility index (Phi) is 5.23. The van der Waals surface area contributed by atoms with Crippen LogP contribution < -0.4 is 15.0 Å². The van der Waals surface area contributed by atoms with Gasteiger partial charge in [-0.15, -0.1) is 0 Å². The molecular formula is C20H23N3O4S. The monoisotopic (exact) mass is 401 g/mol. The number of pyridine rings is 1. The number of hydrogen-bond acceptors (Lipinski definition) is 4. The van der Waals surface area contributed by atoms with Crippen molar-refractivity contribution in [3.8, 4) is 16.9 Å². The first kappa shape index (κ1) is 18.8. The highest BCUT2D eigenvalue weighted by Gasteiger charge is 2.23. The minimum Gasteiger partial charge on any atom is -0.493 e. The third-order valence-corrected chi connectivity index (χ3v) is 5.54. The van der Waals surface area contributed by atoms with E-state index in [1.807, 2.05) is 30.5 Å². The number of aryl methyl sites for hydroxylation is 1. The van der Waals surface area contributed by atoms with E-state index in [-0.39, 0.29) is 5.56 Å². The van der Waals surface area contributed by atoms with E-state index in [0.29, 0.717) is 31.0 Å². The molecule has 0 spiro atoms. The highest BCUT2D eigenvalue weighted by atomic mass is 32.2. The zero-order valence-corrected chi connectivity index (χ0v) is 16.5. The van der Waals surface area contributed by atoms with Gasteiger partial charge in [0.2, 0.25) is 10.9 Å². The summed E-state index contributed by atoms with van der Waals surface area (Å²) in [5, 5.41) is 0.845. The van der Waals surface area contributed by atoms with Crippen LogP contribution in [0.1, 0.15) is 18.4 Å². The van der Waals surface area contributed by atoms with Gasteiger partial charge in [-0.2, -0.15) is 0 Å². The molecule has 2 aromatic heterocycles. The topological polar surface area (TPSA) is 93.2 Å². The molecule has 1 aliphatic rings. The van der Waals surface area contributed by atoms with Crippen molar-refractivity contribution >= 4 is 21.8 Å². The summed E-state index contributed by atoms with van der Waals surface area (Å²) >= 11 is 0. The van der Waals surface area contributed by atoms with E-state index in [1.54, 1.807) is 17.8 Å². The van der Waals surface area contributed by atoms with E-state index in [1.165, 1.54) is 12.8 Å². The van der Waals surface area contributed by atoms with Crippen LogP contribution in [0.3, 0.4) is 0 Å². The lowest BCUT2D eigenvalue weighted by atomic mass is 9.99. The van der Waals surface area contributed by atoms with Crippen molar-refractivity contribution in [1.82, 2.24) is 14.3 Å². The Labute approximate surface area is 164 Å². The molecule has 8 heteroatoms. The Hall–Kier alpha value is -2.58. The van der Waals surface area contributed by atoms with Gasteiger partial charge in [0.1, 0.15) is 11.3 Å². The SMILES string of the molecule is Cn1cc(-c2cc(CCN[SH](=O)=O)ccc2OCC2CC2)c2cc[nH]c2c1=O. The molecule has 7 nitrogen and oxygen atoms in total. The van der Waals surface area contributed by atoms with Crippen LogP contribution in [0.15, 0.2) is 41.5 Å². The lowest BCUT2D eigenvalue weighted by Crippen LogP contribution is -2.17. The van der Waals surface area contributed by atoms with Gasteiger partial charge in [0.15, 0.2) is 0 Å². The molecule has 2 heterocycles. The Morgan fingerprint density at radius 2 is 2.07 bits per heavy atom. The molecule has 0 bridgehead atoms. The van der Waals surface area contributed by atoms with Crippen LogP contribution >= 0.6 is 0 Å². The molecule has 0 saturated heterocycles. The van der Waals surface area contributed by atoms with Gasteiger partial charge in [-0.05, 0) is 48.9 Å². The number of benzene rings is 1. The Morgan fingerprint density at radius 1 is 1.25 bits per heavy atom. The van der Waals surface area contributed by atoms with E-state index < -0.39 is 10.9 Å². The molecule has 0 radical (unpaired) electrons. The van der Waals surface area contributed by atoms with E-state index in [9.17, 15) is 13.2 Å². The van der Waals surface area contributed by atoms with Gasteiger partial charge in [0, 0.05) is 42.5 Å². The van der Waals surface area contributed by atoms with Crippen molar-refractivity contribution in [2.24, 2.45) is 13.0 Å². The number of nitrogens with one attached hydrogen (secondary N) is 2. The summed E-state index contributed by atoms with van der Waals surface area (Å²) in [5.74, 6) is 1.40. The molecule has 28 heavy (non-hydrogen) atoms. The number of hydrogen-bond donors (Lipinski definition) is 3. The number of rotatable bonds is 8. The van der Waals surface area contributed by atoms with E-state index in [4.69, 9.17) is 4.74 Å². The van der Waals surface area contributed by atoms with Gasteiger partial charge in [-0.3, -0.25) is 4.79 Å². The highest BCUT2D eigenvalue weighted by Crippen LogP contribution is 2.37. The molecule has 3 aromatic rings. The second-order valence-corrected chi connectivity index (χ2v) is 8.06. The van der Waals surface area contributed by atoms with Crippen LogP contribution in [0.4, 0.5) is 0 Å². The molecule has 4 rings (SSSR count). The molecular weight excluding hydrogens is 378 g/mol. The van der Waals surface area contributed by atoms with Gasteiger partial charge in [0.05, 0.1) is 6.61 Å². The maximum atomic E-state index is 12.4. The molecule has 0 atom stereocenters. The Balaban J connectivity index is 1.76. The van der Waals surface area contributed by atoms with Crippen molar-refractivity contribution in [2.75, 3.05) is 13.2 Å². The summed E-state index contributed by atoms with van der Waals surface area (Å²) < 4.78 is 31.6. The summed E-state index contributed by atoms with van der Waals surface area (Å²) in [6.07, 6.45) is 6.57. The summed E-state index contributed by atoms with van der Waals surface area (Å²) in [6, 6.07) is 7.82. The fourth-order valence-corrected chi connectivity index (χ4v) is 3.63. The fraction of sp³-hybridized carbons (Fsp3) is 0.350. The van der Waals surface area contributed by atoms with Crippen molar-refractivity contribution in [1.29, 1.82) is 0 Å². The average molecular weight is 401 g/mol. The first-order valence-electron chi connectivity index (χ1n) is 9.33. The molecule has 0 amide bonds. The molecule has 1 fully saturated rings. The predicted octanol–water partition coefficient (Wildman–Crippen LogP) is 1.98. The third kappa shape index (κ3) is 3.98. The second kappa shape index (κ2) is 7.81. The number of H-pyrrole nitrogens is 1. The molecule has 148 valence electrons. The van der Waals surface area contributed by atoms with Crippen LogP contribution in [0.5, 0.6) is 5.75 Å². The van der Waals surface area contributed by atoms with Gasteiger partial charge in [0.25, 0.3) is 5.56 Å². The fourth-order valence-electron chi connectivity index (χ4n) is 3.34. The van der Waals surface area contributed by atoms with Crippen LogP contribution in [0.25, 0.3) is 22.0 Å². The van der Waals surface area contributed by atoms with Crippen LogP contribution in [0.2, 0.25) is 0 Å². The van der Waals surface area contributed by atoms with Crippen LogP contribution in [-0.4, -0.2) is 31.1 Å². The van der Waals surface area contributed by atoms with Crippen LogP contribution in [0, 0.1) is 5.92 Å². The number of aromatic nitrogens is 2. The zero-order valence-electron chi connectivity index (χ0n) is 15.6. The number of fused-ring (bicyclic) bond motifs is 1. The van der Waals surface area contributed by atoms with Gasteiger partial charge in [-0.1, -0.05) is 6.07 Å². The van der Waals surface area contributed by atoms with Gasteiger partial charge in [-0.25, -0.2) is 13.1 Å². The number of thiol groups is 1. The average Bonchev–Trinajstić information content (AvgIpc) is 3.37. The normalized spacial score (nSPS) is 14.1. The first-order chi connectivity index (χ1) is 13.5. The summed E-state index contributed by atoms with van der Waals surface area (Å²) in [5.41, 5.74) is 3.29. The second-order valence-electron chi connectivity index (χ2n) is 7.23. The smallest absolute Gasteiger partial charge is 0.274 e. The number of aromatic amines is 1. The molecule has 0 aliphatic heterocycles. The Bertz CT molecular complexity index is 1130. The van der Waals surface area contributed by atoms with Crippen molar-refractivity contribution in [2.45, 2.75) is 19.3 Å². The Morgan fingerprint density at radius 3 is 2.82 bits per heavy atom. The highest BCUT2D eigenvalue weighted by molar-refractivity contribution is 7.70. The minimum absolute atomic E-state index is 0.0798. The summed E-state index contributed by atoms with van der Waals surface area (Å²) in [7, 11) is -0.871. The summed E-state index contributed by atoms with van der Waals surface area (Å²) in [4.78, 5) is 15.4. The standard InChI is InChI=1S/C20H23N3O4S/c1-23-11-17(15-7-8-21-19(15)20(23)24)16-10-13(6-9-22-28(25)26)4-5-18(16)27-12-14-2-3-14/h4-5,7-8,10-11,14,21,28H,2-3,6,9,12H2,1H3,(H,22,25,26). The van der Waals surface area contributed by atoms with Crippen molar-refractivity contribution in [3.63, 3.8) is 0 Å². The molecule has 0 unspecified atom stereocenters. The van der Waals surface area contributed by atoms with Crippen molar-refractivity contribution < 1.29 is 13.2 Å². The molecule has 1 aromatic carbocycles. The molecule has 2 N–H and O–H groups in total. The predicted molar refractivity (Wildman–Crippen MR) is 109 cm³/mol. The van der Waals surface area contributed by atoms with E-state index >= 15 is 0 Å². The largest absolute Gasteiger partial charge is 0.493 e. The maximum absolute atomic E-state index is 12.4. The minimum atomic E-state index is -2.60. The maximum Gasteiger partial charge on any atom is 0.274 e. The van der Waals surface area contributed by atoms with Gasteiger partial charge >= 0.3 is 0 Å². The number of ether oxygens (including phenoxy) is 1. The summed E-state index contributed by atoms with van der Waals surface area (Å²) in [6.45, 7) is 1.03. The quantitative estimate of drug-likeness (QED) is 0.503. The molecule has 1 saturated carbocycles. The van der Waals surface area contributed by atoms with E-state index in [0.717, 1.165) is 27.8 Å². The van der Waals surface area contributed by atoms with Crippen molar-refractivity contribution in [3.05, 3.63) is 52.6 Å².